The zero-order valence-corrected chi connectivity index (χ0v) is 18.3. The molecular formula is C21H27FN2O6S. The Labute approximate surface area is 181 Å². The molecule has 2 heterocycles. The molecule has 1 aliphatic carbocycles. The van der Waals surface area contributed by atoms with Crippen LogP contribution in [0.3, 0.4) is 0 Å². The van der Waals surface area contributed by atoms with E-state index in [2.05, 4.69) is 0 Å². The molecule has 0 N–H and O–H groups in total. The van der Waals surface area contributed by atoms with Gasteiger partial charge in [-0.05, 0) is 43.4 Å². The van der Waals surface area contributed by atoms with Gasteiger partial charge < -0.3 is 14.4 Å². The molecule has 31 heavy (non-hydrogen) atoms. The summed E-state index contributed by atoms with van der Waals surface area (Å²) in [5, 5.41) is 0. The number of sulfonamides is 1. The second kappa shape index (κ2) is 8.84. The van der Waals surface area contributed by atoms with Crippen LogP contribution in [0, 0.1) is 11.7 Å². The third-order valence-electron chi connectivity index (χ3n) is 6.56. The molecule has 0 spiro atoms. The standard InChI is InChI=1S/C21H27FN2O6S/c1-29-21(26)18-12-14-4-2-3-5-17(14)24(18)20(25)15-6-7-16(22)19(13-15)31(27,28)23-8-10-30-11-9-23/h6-7,13-14,17-18H,2-5,8-12H2,1H3. The Balaban J connectivity index is 1.68. The molecule has 1 aromatic carbocycles. The van der Waals surface area contributed by atoms with Gasteiger partial charge in [-0.15, -0.1) is 0 Å². The fraction of sp³-hybridized carbons (Fsp3) is 0.619. The first-order valence-corrected chi connectivity index (χ1v) is 12.1. The average Bonchev–Trinajstić information content (AvgIpc) is 3.18. The van der Waals surface area contributed by atoms with Crippen LogP contribution < -0.4 is 0 Å². The van der Waals surface area contributed by atoms with Crippen LogP contribution in [0.15, 0.2) is 23.1 Å². The summed E-state index contributed by atoms with van der Waals surface area (Å²) in [6.07, 6.45) is 4.25. The van der Waals surface area contributed by atoms with Gasteiger partial charge >= 0.3 is 5.97 Å². The van der Waals surface area contributed by atoms with Crippen LogP contribution >= 0.6 is 0 Å². The van der Waals surface area contributed by atoms with Gasteiger partial charge in [0.25, 0.3) is 5.91 Å². The molecule has 3 atom stereocenters. The Morgan fingerprint density at radius 1 is 1.16 bits per heavy atom. The summed E-state index contributed by atoms with van der Waals surface area (Å²) >= 11 is 0. The van der Waals surface area contributed by atoms with E-state index in [0.717, 1.165) is 42.1 Å². The number of morpholine rings is 1. The molecule has 170 valence electrons. The maximum atomic E-state index is 14.6. The molecule has 4 rings (SSSR count). The van der Waals surface area contributed by atoms with Crippen LogP contribution in [0.2, 0.25) is 0 Å². The number of likely N-dealkylation sites (tertiary alicyclic amines) is 1. The first-order valence-electron chi connectivity index (χ1n) is 10.6. The lowest BCUT2D eigenvalue weighted by molar-refractivity contribution is -0.145. The maximum Gasteiger partial charge on any atom is 0.328 e. The number of methoxy groups -OCH3 is 1. The monoisotopic (exact) mass is 454 g/mol. The fourth-order valence-electron chi connectivity index (χ4n) is 5.01. The Kier molecular flexibility index (Phi) is 6.32. The molecule has 2 aliphatic heterocycles. The average molecular weight is 455 g/mol. The molecule has 3 fully saturated rings. The van der Waals surface area contributed by atoms with Crippen molar-refractivity contribution in [3.05, 3.63) is 29.6 Å². The summed E-state index contributed by atoms with van der Waals surface area (Å²) in [5.74, 6) is -1.66. The van der Waals surface area contributed by atoms with Crippen molar-refractivity contribution in [3.63, 3.8) is 0 Å². The van der Waals surface area contributed by atoms with E-state index in [4.69, 9.17) is 9.47 Å². The van der Waals surface area contributed by atoms with Crippen LogP contribution in [0.25, 0.3) is 0 Å². The van der Waals surface area contributed by atoms with Crippen molar-refractivity contribution >= 4 is 21.9 Å². The van der Waals surface area contributed by atoms with Crippen molar-refractivity contribution in [2.75, 3.05) is 33.4 Å². The number of nitrogens with zero attached hydrogens (tertiary/aromatic N) is 2. The van der Waals surface area contributed by atoms with E-state index in [1.807, 2.05) is 0 Å². The quantitative estimate of drug-likeness (QED) is 0.644. The normalized spacial score (nSPS) is 27.0. The largest absolute Gasteiger partial charge is 0.467 e. The van der Waals surface area contributed by atoms with E-state index in [1.165, 1.54) is 18.1 Å². The lowest BCUT2D eigenvalue weighted by Crippen LogP contribution is -2.46. The highest BCUT2D eigenvalue weighted by Crippen LogP contribution is 2.41. The topological polar surface area (TPSA) is 93.2 Å². The molecule has 3 unspecified atom stereocenters. The van der Waals surface area contributed by atoms with E-state index >= 15 is 0 Å². The number of hydrogen-bond acceptors (Lipinski definition) is 6. The smallest absolute Gasteiger partial charge is 0.328 e. The number of benzene rings is 1. The third kappa shape index (κ3) is 4.08. The Morgan fingerprint density at radius 2 is 1.87 bits per heavy atom. The van der Waals surface area contributed by atoms with E-state index in [0.29, 0.717) is 6.42 Å². The summed E-state index contributed by atoms with van der Waals surface area (Å²) < 4.78 is 51.8. The van der Waals surface area contributed by atoms with Crippen molar-refractivity contribution in [2.24, 2.45) is 5.92 Å². The molecule has 0 aromatic heterocycles. The van der Waals surface area contributed by atoms with Crippen molar-refractivity contribution in [2.45, 2.75) is 49.1 Å². The lowest BCUT2D eigenvalue weighted by atomic mass is 9.84. The number of carbonyl (C=O) groups excluding carboxylic acids is 2. The Morgan fingerprint density at radius 3 is 2.58 bits per heavy atom. The maximum absolute atomic E-state index is 14.6. The summed E-state index contributed by atoms with van der Waals surface area (Å²) in [5.41, 5.74) is 0.0494. The van der Waals surface area contributed by atoms with Crippen LogP contribution in [0.1, 0.15) is 42.5 Å². The van der Waals surface area contributed by atoms with Crippen LogP contribution in [0.4, 0.5) is 4.39 Å². The van der Waals surface area contributed by atoms with Crippen molar-refractivity contribution in [1.82, 2.24) is 9.21 Å². The van der Waals surface area contributed by atoms with Gasteiger partial charge in [-0.1, -0.05) is 12.8 Å². The predicted molar refractivity (Wildman–Crippen MR) is 108 cm³/mol. The summed E-state index contributed by atoms with van der Waals surface area (Å²) in [7, 11) is -2.82. The van der Waals surface area contributed by atoms with Crippen LogP contribution in [-0.2, 0) is 24.3 Å². The highest BCUT2D eigenvalue weighted by Gasteiger charge is 2.48. The molecule has 2 saturated heterocycles. The van der Waals surface area contributed by atoms with Gasteiger partial charge in [0.2, 0.25) is 10.0 Å². The zero-order chi connectivity index (χ0) is 22.2. The minimum atomic E-state index is -4.11. The predicted octanol–water partition coefficient (Wildman–Crippen LogP) is 1.79. The minimum absolute atomic E-state index is 0.0494. The molecule has 0 bridgehead atoms. The third-order valence-corrected chi connectivity index (χ3v) is 8.48. The second-order valence-corrected chi connectivity index (χ2v) is 10.2. The molecule has 1 aromatic rings. The number of esters is 1. The highest BCUT2D eigenvalue weighted by atomic mass is 32.2. The van der Waals surface area contributed by atoms with Gasteiger partial charge in [-0.25, -0.2) is 17.6 Å². The van der Waals surface area contributed by atoms with E-state index < -0.39 is 38.7 Å². The van der Waals surface area contributed by atoms with E-state index in [-0.39, 0.29) is 43.8 Å². The SMILES string of the molecule is COC(=O)C1CC2CCCCC2N1C(=O)c1ccc(F)c(S(=O)(=O)N2CCOCC2)c1. The lowest BCUT2D eigenvalue weighted by Gasteiger charge is -2.33. The Hall–Kier alpha value is -2.04. The van der Waals surface area contributed by atoms with Gasteiger partial charge in [0, 0.05) is 24.7 Å². The number of rotatable bonds is 4. The first kappa shape index (κ1) is 22.2. The van der Waals surface area contributed by atoms with Gasteiger partial charge in [0.05, 0.1) is 20.3 Å². The fourth-order valence-corrected chi connectivity index (χ4v) is 6.51. The minimum Gasteiger partial charge on any atom is -0.467 e. The number of halogens is 1. The van der Waals surface area contributed by atoms with Gasteiger partial charge in [0.1, 0.15) is 16.8 Å². The number of fused-ring (bicyclic) bond motifs is 1. The number of amides is 1. The highest BCUT2D eigenvalue weighted by molar-refractivity contribution is 7.89. The van der Waals surface area contributed by atoms with Gasteiger partial charge in [-0.2, -0.15) is 4.31 Å². The molecule has 1 saturated carbocycles. The zero-order valence-electron chi connectivity index (χ0n) is 17.5. The Bertz CT molecular complexity index is 963. The van der Waals surface area contributed by atoms with Crippen molar-refractivity contribution < 1.29 is 31.9 Å². The van der Waals surface area contributed by atoms with Gasteiger partial charge in [0.15, 0.2) is 0 Å². The second-order valence-electron chi connectivity index (χ2n) is 8.26. The van der Waals surface area contributed by atoms with Gasteiger partial charge in [-0.3, -0.25) is 4.79 Å². The molecular weight excluding hydrogens is 427 g/mol. The molecule has 1 amide bonds. The summed E-state index contributed by atoms with van der Waals surface area (Å²) in [6, 6.07) is 2.56. The molecule has 0 radical (unpaired) electrons. The molecule has 8 nitrogen and oxygen atoms in total. The molecule has 3 aliphatic rings. The van der Waals surface area contributed by atoms with Crippen LogP contribution in [0.5, 0.6) is 0 Å². The molecule has 10 heteroatoms. The van der Waals surface area contributed by atoms with E-state index in [1.54, 1.807) is 0 Å². The number of ether oxygens (including phenoxy) is 2. The van der Waals surface area contributed by atoms with Crippen molar-refractivity contribution in [1.29, 1.82) is 0 Å². The van der Waals surface area contributed by atoms with Crippen LogP contribution in [-0.4, -0.2) is 75.0 Å². The van der Waals surface area contributed by atoms with E-state index in [9.17, 15) is 22.4 Å². The number of hydrogen-bond donors (Lipinski definition) is 0. The number of carbonyl (C=O) groups is 2. The first-order chi connectivity index (χ1) is 14.8. The van der Waals surface area contributed by atoms with Crippen molar-refractivity contribution in [3.8, 4) is 0 Å². The summed E-state index contributed by atoms with van der Waals surface area (Å²) in [6.45, 7) is 0.717. The summed E-state index contributed by atoms with van der Waals surface area (Å²) in [4.78, 5) is 26.9.